The maximum atomic E-state index is 15.1. The van der Waals surface area contributed by atoms with Crippen LogP contribution in [-0.4, -0.2) is 35.1 Å². The molecule has 8 heteroatoms. The molecule has 3 aromatic carbocycles. The fraction of sp³-hybridized carbons (Fsp3) is 0.321. The Morgan fingerprint density at radius 3 is 1.81 bits per heavy atom. The lowest BCUT2D eigenvalue weighted by molar-refractivity contribution is -0.138. The van der Waals surface area contributed by atoms with Gasteiger partial charge in [-0.2, -0.15) is 0 Å². The number of fused-ring (bicyclic) bond motifs is 2. The van der Waals surface area contributed by atoms with Crippen LogP contribution in [0.2, 0.25) is 0 Å². The van der Waals surface area contributed by atoms with Gasteiger partial charge in [-0.05, 0) is 46.2 Å². The number of anilines is 1. The molecule has 0 aliphatic carbocycles. The molecule has 2 amide bonds. The maximum absolute atomic E-state index is 15.1. The Morgan fingerprint density at radius 1 is 0.917 bits per heavy atom. The van der Waals surface area contributed by atoms with Crippen LogP contribution >= 0.6 is 0 Å². The number of carboxylic acid groups (broad SMARTS) is 1. The topological polar surface area (TPSA) is 93.1 Å². The number of imide groups is 1. The van der Waals surface area contributed by atoms with Crippen molar-refractivity contribution in [1.82, 2.24) is 0 Å². The number of carboxylic acids is 1. The van der Waals surface area contributed by atoms with Crippen LogP contribution in [0.5, 0.6) is 11.5 Å². The third kappa shape index (κ3) is 4.17. The molecule has 0 bridgehead atoms. The summed E-state index contributed by atoms with van der Waals surface area (Å²) in [4.78, 5) is 39.9. The van der Waals surface area contributed by atoms with Crippen molar-refractivity contribution < 1.29 is 33.4 Å². The summed E-state index contributed by atoms with van der Waals surface area (Å²) < 4.78 is 27.2. The maximum Gasteiger partial charge on any atom is 0.311 e. The quantitative estimate of drug-likeness (QED) is 0.391. The van der Waals surface area contributed by atoms with E-state index in [9.17, 15) is 19.5 Å². The molecule has 0 fully saturated rings. The summed E-state index contributed by atoms with van der Waals surface area (Å²) in [6.45, 7) is 8.92. The smallest absolute Gasteiger partial charge is 0.311 e. The number of benzene rings is 3. The molecule has 7 nitrogen and oxygen atoms in total. The third-order valence-corrected chi connectivity index (χ3v) is 5.99. The summed E-state index contributed by atoms with van der Waals surface area (Å²) in [5, 5.41) is 10.7. The highest BCUT2D eigenvalue weighted by Crippen LogP contribution is 2.46. The summed E-state index contributed by atoms with van der Waals surface area (Å²) in [6, 6.07) is 10.9. The number of amides is 2. The Hall–Kier alpha value is -3.94. The lowest BCUT2D eigenvalue weighted by Crippen LogP contribution is -2.30. The lowest BCUT2D eigenvalue weighted by atomic mass is 9.96. The molecule has 0 saturated heterocycles. The van der Waals surface area contributed by atoms with Crippen LogP contribution < -0.4 is 14.4 Å². The molecule has 1 aliphatic heterocycles. The van der Waals surface area contributed by atoms with Crippen molar-refractivity contribution in [3.8, 4) is 11.5 Å². The molecule has 188 valence electrons. The van der Waals surface area contributed by atoms with Gasteiger partial charge in [0.2, 0.25) is 0 Å². The highest BCUT2D eigenvalue weighted by Gasteiger charge is 2.44. The van der Waals surface area contributed by atoms with Gasteiger partial charge in [-0.1, -0.05) is 37.3 Å². The minimum atomic E-state index is -1.15. The Kier molecular flexibility index (Phi) is 6.71. The van der Waals surface area contributed by atoms with Gasteiger partial charge in [-0.15, -0.1) is 0 Å². The van der Waals surface area contributed by atoms with E-state index in [1.54, 1.807) is 31.2 Å². The van der Waals surface area contributed by atoms with Crippen LogP contribution in [0.15, 0.2) is 42.5 Å². The zero-order chi connectivity index (χ0) is 26.3. The summed E-state index contributed by atoms with van der Waals surface area (Å²) >= 11 is 0. The second-order valence-corrected chi connectivity index (χ2v) is 9.24. The van der Waals surface area contributed by atoms with E-state index in [0.717, 1.165) is 11.0 Å². The Labute approximate surface area is 208 Å². The predicted molar refractivity (Wildman–Crippen MR) is 134 cm³/mol. The SMILES string of the molecule is CCC(C(=O)O)c1ccc(N2C(=O)c3c(c(OC(C)C)c4ccccc4c3OC(C)C)C2=O)cc1F. The van der Waals surface area contributed by atoms with E-state index in [0.29, 0.717) is 10.8 Å². The first-order valence-corrected chi connectivity index (χ1v) is 11.9. The van der Waals surface area contributed by atoms with Crippen molar-refractivity contribution in [2.45, 2.75) is 59.2 Å². The Balaban J connectivity index is 1.93. The van der Waals surface area contributed by atoms with Gasteiger partial charge in [0.25, 0.3) is 11.8 Å². The van der Waals surface area contributed by atoms with E-state index in [4.69, 9.17) is 9.47 Å². The van der Waals surface area contributed by atoms with E-state index >= 15 is 4.39 Å². The van der Waals surface area contributed by atoms with Gasteiger partial charge >= 0.3 is 5.97 Å². The first kappa shape index (κ1) is 25.2. The number of ether oxygens (including phenoxy) is 2. The van der Waals surface area contributed by atoms with E-state index in [1.807, 2.05) is 27.7 Å². The zero-order valence-electron chi connectivity index (χ0n) is 20.8. The molecule has 0 spiro atoms. The van der Waals surface area contributed by atoms with Gasteiger partial charge in [0.1, 0.15) is 17.3 Å². The minimum Gasteiger partial charge on any atom is -0.489 e. The van der Waals surface area contributed by atoms with Crippen molar-refractivity contribution in [1.29, 1.82) is 0 Å². The molecule has 4 rings (SSSR count). The molecule has 3 aromatic rings. The van der Waals surface area contributed by atoms with Crippen LogP contribution in [0.4, 0.5) is 10.1 Å². The highest BCUT2D eigenvalue weighted by atomic mass is 19.1. The van der Waals surface area contributed by atoms with Crippen LogP contribution in [0.25, 0.3) is 10.8 Å². The molecule has 0 aromatic heterocycles. The normalized spacial score (nSPS) is 14.1. The molecule has 36 heavy (non-hydrogen) atoms. The Bertz CT molecular complexity index is 1310. The zero-order valence-corrected chi connectivity index (χ0v) is 20.8. The first-order chi connectivity index (χ1) is 17.1. The molecular formula is C28H28FNO6. The summed E-state index contributed by atoms with van der Waals surface area (Å²) in [7, 11) is 0. The van der Waals surface area contributed by atoms with Gasteiger partial charge < -0.3 is 14.6 Å². The second kappa shape index (κ2) is 9.60. The van der Waals surface area contributed by atoms with Gasteiger partial charge in [0.05, 0.1) is 34.9 Å². The summed E-state index contributed by atoms with van der Waals surface area (Å²) in [5.74, 6) is -3.79. The van der Waals surface area contributed by atoms with E-state index in [-0.39, 0.29) is 52.5 Å². The Morgan fingerprint density at radius 2 is 1.42 bits per heavy atom. The number of aliphatic carboxylic acids is 1. The average Bonchev–Trinajstić information content (AvgIpc) is 3.07. The molecule has 1 atom stereocenters. The van der Waals surface area contributed by atoms with Crippen molar-refractivity contribution in [3.05, 3.63) is 65.0 Å². The van der Waals surface area contributed by atoms with Crippen molar-refractivity contribution in [2.75, 3.05) is 4.90 Å². The number of hydrogen-bond acceptors (Lipinski definition) is 5. The van der Waals surface area contributed by atoms with Crippen LogP contribution in [-0.2, 0) is 4.79 Å². The molecule has 1 aliphatic rings. The average molecular weight is 494 g/mol. The van der Waals surface area contributed by atoms with E-state index in [2.05, 4.69) is 0 Å². The fourth-order valence-electron chi connectivity index (χ4n) is 4.52. The third-order valence-electron chi connectivity index (χ3n) is 5.99. The van der Waals surface area contributed by atoms with Crippen LogP contribution in [0.1, 0.15) is 73.2 Å². The largest absolute Gasteiger partial charge is 0.489 e. The minimum absolute atomic E-state index is 0.00209. The molecular weight excluding hydrogens is 465 g/mol. The van der Waals surface area contributed by atoms with Crippen molar-refractivity contribution >= 4 is 34.2 Å². The number of hydrogen-bond donors (Lipinski definition) is 1. The van der Waals surface area contributed by atoms with Crippen LogP contribution in [0.3, 0.4) is 0 Å². The van der Waals surface area contributed by atoms with Crippen molar-refractivity contribution in [3.63, 3.8) is 0 Å². The molecule has 0 saturated carbocycles. The second-order valence-electron chi connectivity index (χ2n) is 9.24. The molecule has 1 N–H and O–H groups in total. The molecule has 1 heterocycles. The van der Waals surface area contributed by atoms with Crippen molar-refractivity contribution in [2.24, 2.45) is 0 Å². The number of carbonyl (C=O) groups excluding carboxylic acids is 2. The van der Waals surface area contributed by atoms with E-state index < -0.39 is 29.5 Å². The first-order valence-electron chi connectivity index (χ1n) is 11.9. The van der Waals surface area contributed by atoms with Gasteiger partial charge in [-0.25, -0.2) is 9.29 Å². The van der Waals surface area contributed by atoms with Crippen LogP contribution in [0, 0.1) is 5.82 Å². The predicted octanol–water partition coefficient (Wildman–Crippen LogP) is 5.93. The van der Waals surface area contributed by atoms with Gasteiger partial charge in [0.15, 0.2) is 0 Å². The molecule has 1 unspecified atom stereocenters. The standard InChI is InChI=1S/C28H28FNO6/c1-6-17(28(33)34)18-12-11-16(13-21(18)29)30-26(31)22-23(27(30)32)25(36-15(4)5)20-10-8-7-9-19(20)24(22)35-14(2)3/h7-15,17H,6H2,1-5H3,(H,33,34). The number of carbonyl (C=O) groups is 3. The fourth-order valence-corrected chi connectivity index (χ4v) is 4.52. The summed E-state index contributed by atoms with van der Waals surface area (Å²) in [5.41, 5.74) is 0.107. The monoisotopic (exact) mass is 493 g/mol. The molecule has 0 radical (unpaired) electrons. The number of nitrogens with zero attached hydrogens (tertiary/aromatic N) is 1. The van der Waals surface area contributed by atoms with Gasteiger partial charge in [-0.3, -0.25) is 14.4 Å². The van der Waals surface area contributed by atoms with Gasteiger partial charge in [0, 0.05) is 16.3 Å². The summed E-state index contributed by atoms with van der Waals surface area (Å²) in [6.07, 6.45) is -0.383. The number of halogens is 1. The number of rotatable bonds is 8. The lowest BCUT2D eigenvalue weighted by Gasteiger charge is -2.20. The van der Waals surface area contributed by atoms with E-state index in [1.165, 1.54) is 12.1 Å². The highest BCUT2D eigenvalue weighted by molar-refractivity contribution is 6.38.